The Morgan fingerprint density at radius 2 is 1.67 bits per heavy atom. The molecule has 0 aliphatic carbocycles. The maximum absolute atomic E-state index is 12.7. The van der Waals surface area contributed by atoms with Crippen molar-refractivity contribution in [3.63, 3.8) is 0 Å². The van der Waals surface area contributed by atoms with Gasteiger partial charge in [-0.15, -0.1) is 0 Å². The molecule has 0 amide bonds. The zero-order valence-electron chi connectivity index (χ0n) is 20.1. The molecule has 1 heterocycles. The normalized spacial score (nSPS) is 10.8. The molecule has 0 aliphatic rings. The summed E-state index contributed by atoms with van der Waals surface area (Å²) in [5, 5.41) is 3.91. The Morgan fingerprint density at radius 3 is 2.30 bits per heavy atom. The van der Waals surface area contributed by atoms with Gasteiger partial charge in [0, 0.05) is 5.56 Å². The minimum atomic E-state index is -0.614. The van der Waals surface area contributed by atoms with E-state index in [2.05, 4.69) is 5.16 Å². The Kier molecular flexibility index (Phi) is 7.21. The quantitative estimate of drug-likeness (QED) is 0.346. The monoisotopic (exact) mass is 451 g/mol. The summed E-state index contributed by atoms with van der Waals surface area (Å²) in [6, 6.07) is 6.58. The third-order valence-corrected chi connectivity index (χ3v) is 6.07. The van der Waals surface area contributed by atoms with Crippen LogP contribution in [0.25, 0.3) is 0 Å². The molecule has 0 spiro atoms. The summed E-state index contributed by atoms with van der Waals surface area (Å²) in [6.45, 7) is 11.5. The molecule has 3 rings (SSSR count). The number of rotatable bonds is 8. The summed E-state index contributed by atoms with van der Waals surface area (Å²) < 4.78 is 21.7. The SMILES string of the molecule is COc1cc(C(=O)OCC(=O)c2cc(C)c(C)c(C)c2C)ccc1OCc1c(C)noc1C. The van der Waals surface area contributed by atoms with Crippen molar-refractivity contribution < 1.29 is 28.3 Å². The van der Waals surface area contributed by atoms with Crippen LogP contribution in [0.5, 0.6) is 11.5 Å². The van der Waals surface area contributed by atoms with Gasteiger partial charge >= 0.3 is 5.97 Å². The fourth-order valence-corrected chi connectivity index (χ4v) is 3.57. The smallest absolute Gasteiger partial charge is 0.338 e. The van der Waals surface area contributed by atoms with Crippen LogP contribution in [-0.2, 0) is 11.3 Å². The number of carbonyl (C=O) groups is 2. The molecule has 7 heteroatoms. The standard InChI is InChI=1S/C26H29NO6/c1-14-10-21(17(4)16(3)15(14)2)23(28)13-32-26(29)20-8-9-24(25(11-20)30-7)31-12-22-18(5)27-33-19(22)6/h8-11H,12-13H2,1-7H3. The van der Waals surface area contributed by atoms with Crippen LogP contribution >= 0.6 is 0 Å². The van der Waals surface area contributed by atoms with Crippen LogP contribution in [0.3, 0.4) is 0 Å². The molecular weight excluding hydrogens is 422 g/mol. The first-order valence-corrected chi connectivity index (χ1v) is 10.6. The van der Waals surface area contributed by atoms with E-state index in [0.29, 0.717) is 22.8 Å². The van der Waals surface area contributed by atoms with Crippen molar-refractivity contribution in [3.05, 3.63) is 74.7 Å². The molecule has 3 aromatic rings. The Bertz CT molecular complexity index is 1190. The third-order valence-electron chi connectivity index (χ3n) is 6.07. The molecule has 0 aliphatic heterocycles. The number of aryl methyl sites for hydroxylation is 3. The Balaban J connectivity index is 1.68. The van der Waals surface area contributed by atoms with Crippen molar-refractivity contribution in [2.24, 2.45) is 0 Å². The highest BCUT2D eigenvalue weighted by atomic mass is 16.5. The first-order chi connectivity index (χ1) is 15.6. The summed E-state index contributed by atoms with van der Waals surface area (Å²) in [7, 11) is 1.49. The van der Waals surface area contributed by atoms with E-state index >= 15 is 0 Å². The van der Waals surface area contributed by atoms with Gasteiger partial charge < -0.3 is 18.7 Å². The molecule has 0 radical (unpaired) electrons. The number of methoxy groups -OCH3 is 1. The van der Waals surface area contributed by atoms with Crippen molar-refractivity contribution in [1.82, 2.24) is 5.16 Å². The van der Waals surface area contributed by atoms with E-state index in [0.717, 1.165) is 33.5 Å². The lowest BCUT2D eigenvalue weighted by Gasteiger charge is -2.14. The lowest BCUT2D eigenvalue weighted by atomic mass is 9.93. The van der Waals surface area contributed by atoms with E-state index in [9.17, 15) is 9.59 Å². The molecule has 0 unspecified atom stereocenters. The Hall–Kier alpha value is -3.61. The van der Waals surface area contributed by atoms with Gasteiger partial charge in [-0.05, 0) is 88.1 Å². The zero-order valence-corrected chi connectivity index (χ0v) is 20.1. The molecule has 2 aromatic carbocycles. The summed E-state index contributed by atoms with van der Waals surface area (Å²) in [4.78, 5) is 25.3. The van der Waals surface area contributed by atoms with Crippen molar-refractivity contribution in [2.45, 2.75) is 48.1 Å². The van der Waals surface area contributed by atoms with E-state index in [1.54, 1.807) is 12.1 Å². The van der Waals surface area contributed by atoms with Gasteiger partial charge in [0.05, 0.1) is 23.9 Å². The van der Waals surface area contributed by atoms with E-state index in [1.807, 2.05) is 47.6 Å². The fraction of sp³-hybridized carbons (Fsp3) is 0.346. The first kappa shape index (κ1) is 24.0. The van der Waals surface area contributed by atoms with E-state index in [1.165, 1.54) is 13.2 Å². The van der Waals surface area contributed by atoms with Gasteiger partial charge in [-0.1, -0.05) is 5.16 Å². The van der Waals surface area contributed by atoms with Gasteiger partial charge in [0.25, 0.3) is 0 Å². The third kappa shape index (κ3) is 5.08. The van der Waals surface area contributed by atoms with Crippen molar-refractivity contribution in [2.75, 3.05) is 13.7 Å². The maximum atomic E-state index is 12.7. The molecule has 1 aromatic heterocycles. The second kappa shape index (κ2) is 9.90. The molecule has 0 saturated heterocycles. The molecule has 174 valence electrons. The topological polar surface area (TPSA) is 87.9 Å². The minimum absolute atomic E-state index is 0.238. The van der Waals surface area contributed by atoms with Crippen LogP contribution in [0.1, 0.15) is 60.0 Å². The van der Waals surface area contributed by atoms with Crippen LogP contribution in [0.4, 0.5) is 0 Å². The van der Waals surface area contributed by atoms with Gasteiger partial charge in [0.15, 0.2) is 18.1 Å². The van der Waals surface area contributed by atoms with Crippen LogP contribution in [0.15, 0.2) is 28.8 Å². The average molecular weight is 452 g/mol. The zero-order chi connectivity index (χ0) is 24.3. The van der Waals surface area contributed by atoms with E-state index in [4.69, 9.17) is 18.7 Å². The first-order valence-electron chi connectivity index (χ1n) is 10.6. The molecular formula is C26H29NO6. The predicted octanol–water partition coefficient (Wildman–Crippen LogP) is 5.15. The number of Topliss-reactive ketones (excluding diaryl/α,β-unsaturated/α-hetero) is 1. The summed E-state index contributed by atoms with van der Waals surface area (Å²) in [5.74, 6) is 0.676. The fourth-order valence-electron chi connectivity index (χ4n) is 3.57. The largest absolute Gasteiger partial charge is 0.493 e. The summed E-state index contributed by atoms with van der Waals surface area (Å²) in [5.41, 5.74) is 6.61. The van der Waals surface area contributed by atoms with Crippen molar-refractivity contribution >= 4 is 11.8 Å². The van der Waals surface area contributed by atoms with Gasteiger partial charge in [0.2, 0.25) is 5.78 Å². The number of ketones is 1. The van der Waals surface area contributed by atoms with Crippen LogP contribution in [-0.4, -0.2) is 30.6 Å². The highest BCUT2D eigenvalue weighted by Gasteiger charge is 2.18. The molecule has 0 fully saturated rings. The number of nitrogens with zero attached hydrogens (tertiary/aromatic N) is 1. The molecule has 7 nitrogen and oxygen atoms in total. The van der Waals surface area contributed by atoms with Gasteiger partial charge in [-0.25, -0.2) is 4.79 Å². The van der Waals surface area contributed by atoms with E-state index < -0.39 is 5.97 Å². The molecule has 0 N–H and O–H groups in total. The minimum Gasteiger partial charge on any atom is -0.493 e. The van der Waals surface area contributed by atoms with Crippen molar-refractivity contribution in [1.29, 1.82) is 0 Å². The Morgan fingerprint density at radius 1 is 0.939 bits per heavy atom. The summed E-state index contributed by atoms with van der Waals surface area (Å²) >= 11 is 0. The second-order valence-electron chi connectivity index (χ2n) is 8.07. The van der Waals surface area contributed by atoms with Crippen molar-refractivity contribution in [3.8, 4) is 11.5 Å². The maximum Gasteiger partial charge on any atom is 0.338 e. The van der Waals surface area contributed by atoms with Gasteiger partial charge in [0.1, 0.15) is 12.4 Å². The predicted molar refractivity (Wildman–Crippen MR) is 123 cm³/mol. The van der Waals surface area contributed by atoms with Gasteiger partial charge in [-0.2, -0.15) is 0 Å². The molecule has 0 atom stereocenters. The molecule has 0 saturated carbocycles. The van der Waals surface area contributed by atoms with Crippen LogP contribution in [0.2, 0.25) is 0 Å². The number of carbonyl (C=O) groups excluding carboxylic acids is 2. The highest BCUT2D eigenvalue weighted by Crippen LogP contribution is 2.30. The highest BCUT2D eigenvalue weighted by molar-refractivity contribution is 6.01. The van der Waals surface area contributed by atoms with E-state index in [-0.39, 0.29) is 24.6 Å². The average Bonchev–Trinajstić information content (AvgIpc) is 3.13. The molecule has 0 bridgehead atoms. The van der Waals surface area contributed by atoms with Crippen LogP contribution in [0, 0.1) is 41.5 Å². The van der Waals surface area contributed by atoms with Crippen LogP contribution < -0.4 is 9.47 Å². The number of hydrogen-bond donors (Lipinski definition) is 0. The molecule has 33 heavy (non-hydrogen) atoms. The number of aromatic nitrogens is 1. The summed E-state index contributed by atoms with van der Waals surface area (Å²) in [6.07, 6.45) is 0. The number of benzene rings is 2. The van der Waals surface area contributed by atoms with Gasteiger partial charge in [-0.3, -0.25) is 4.79 Å². The second-order valence-corrected chi connectivity index (χ2v) is 8.07. The number of hydrogen-bond acceptors (Lipinski definition) is 7. The number of esters is 1. The number of ether oxygens (including phenoxy) is 3. The lowest BCUT2D eigenvalue weighted by molar-refractivity contribution is 0.0474. The lowest BCUT2D eigenvalue weighted by Crippen LogP contribution is -2.16. The Labute approximate surface area is 193 Å².